The van der Waals surface area contributed by atoms with E-state index >= 15 is 0 Å². The molecule has 104 valence electrons. The van der Waals surface area contributed by atoms with Crippen LogP contribution < -0.4 is 5.32 Å². The molecule has 0 radical (unpaired) electrons. The Kier molecular flexibility index (Phi) is 4.36. The molecule has 0 spiro atoms. The molecule has 0 atom stereocenters. The third-order valence-electron chi connectivity index (χ3n) is 2.37. The van der Waals surface area contributed by atoms with Crippen molar-refractivity contribution >= 4 is 50.8 Å². The smallest absolute Gasteiger partial charge is 0.350 e. The van der Waals surface area contributed by atoms with E-state index in [1.807, 2.05) is 23.5 Å². The zero-order valence-electron chi connectivity index (χ0n) is 10.4. The summed E-state index contributed by atoms with van der Waals surface area (Å²) in [5.41, 5.74) is 0. The second kappa shape index (κ2) is 6.02. The minimum Gasteiger partial charge on any atom is -0.451 e. The summed E-state index contributed by atoms with van der Waals surface area (Å²) in [6, 6.07) is 7.29. The van der Waals surface area contributed by atoms with Gasteiger partial charge in [0.2, 0.25) is 5.91 Å². The Bertz CT molecular complexity index is 695. The van der Waals surface area contributed by atoms with Crippen molar-refractivity contribution in [2.24, 2.45) is 0 Å². The van der Waals surface area contributed by atoms with Crippen LogP contribution in [-0.2, 0) is 14.3 Å². The molecule has 1 aromatic carbocycles. The molecule has 2 amide bonds. The number of imide groups is 1. The zero-order chi connectivity index (χ0) is 14.7. The highest BCUT2D eigenvalue weighted by Gasteiger charge is 2.19. The quantitative estimate of drug-likeness (QED) is 0.883. The van der Waals surface area contributed by atoms with Crippen LogP contribution in [-0.4, -0.2) is 24.4 Å². The Labute approximate surface area is 123 Å². The van der Waals surface area contributed by atoms with Crippen molar-refractivity contribution in [2.45, 2.75) is 6.92 Å². The van der Waals surface area contributed by atoms with Crippen LogP contribution in [0.3, 0.4) is 0 Å². The van der Waals surface area contributed by atoms with Gasteiger partial charge in [0.05, 0.1) is 5.02 Å². The molecular weight excluding hydrogens is 302 g/mol. The maximum Gasteiger partial charge on any atom is 0.350 e. The van der Waals surface area contributed by atoms with Crippen LogP contribution in [0, 0.1) is 0 Å². The fraction of sp³-hybridized carbons (Fsp3) is 0.154. The van der Waals surface area contributed by atoms with Crippen LogP contribution in [0.25, 0.3) is 10.1 Å². The van der Waals surface area contributed by atoms with Crippen molar-refractivity contribution in [3.8, 4) is 0 Å². The molecule has 0 fully saturated rings. The highest BCUT2D eigenvalue weighted by molar-refractivity contribution is 7.21. The first-order chi connectivity index (χ1) is 9.49. The number of nitrogens with one attached hydrogen (secondary N) is 1. The molecule has 0 saturated heterocycles. The number of ether oxygens (including phenoxy) is 1. The number of thiophene rings is 1. The van der Waals surface area contributed by atoms with E-state index in [4.69, 9.17) is 16.3 Å². The molecule has 0 aliphatic rings. The summed E-state index contributed by atoms with van der Waals surface area (Å²) >= 11 is 7.30. The first kappa shape index (κ1) is 14.5. The standard InChI is InChI=1S/C13H10ClNO4S/c1-7(16)15-10(17)6-19-13(18)12-11(14)8-4-2-3-5-9(8)20-12/h2-5H,6H2,1H3,(H,15,16,17). The summed E-state index contributed by atoms with van der Waals surface area (Å²) in [5.74, 6) is -1.87. The Hall–Kier alpha value is -1.92. The SMILES string of the molecule is CC(=O)NC(=O)COC(=O)c1sc2ccccc2c1Cl. The molecule has 0 aliphatic carbocycles. The first-order valence-electron chi connectivity index (χ1n) is 5.63. The van der Waals surface area contributed by atoms with Gasteiger partial charge < -0.3 is 4.74 Å². The predicted molar refractivity (Wildman–Crippen MR) is 75.9 cm³/mol. The second-order valence-electron chi connectivity index (χ2n) is 3.92. The van der Waals surface area contributed by atoms with Gasteiger partial charge in [0.25, 0.3) is 5.91 Å². The number of amides is 2. The molecule has 7 heteroatoms. The average molecular weight is 312 g/mol. The van der Waals surface area contributed by atoms with Crippen molar-refractivity contribution in [3.05, 3.63) is 34.2 Å². The molecule has 20 heavy (non-hydrogen) atoms. The van der Waals surface area contributed by atoms with E-state index in [1.165, 1.54) is 18.3 Å². The Balaban J connectivity index is 2.10. The van der Waals surface area contributed by atoms with Gasteiger partial charge in [0, 0.05) is 17.0 Å². The van der Waals surface area contributed by atoms with E-state index in [0.717, 1.165) is 10.1 Å². The number of hydrogen-bond acceptors (Lipinski definition) is 5. The van der Waals surface area contributed by atoms with Crippen LogP contribution in [0.15, 0.2) is 24.3 Å². The van der Waals surface area contributed by atoms with Crippen LogP contribution >= 0.6 is 22.9 Å². The lowest BCUT2D eigenvalue weighted by molar-refractivity contribution is -0.131. The van der Waals surface area contributed by atoms with Gasteiger partial charge in [-0.2, -0.15) is 0 Å². The maximum atomic E-state index is 11.9. The minimum absolute atomic E-state index is 0.239. The maximum absolute atomic E-state index is 11.9. The monoisotopic (exact) mass is 311 g/mol. The summed E-state index contributed by atoms with van der Waals surface area (Å²) < 4.78 is 5.68. The number of hydrogen-bond donors (Lipinski definition) is 1. The van der Waals surface area contributed by atoms with Crippen molar-refractivity contribution in [1.82, 2.24) is 5.32 Å². The van der Waals surface area contributed by atoms with E-state index in [2.05, 4.69) is 0 Å². The largest absolute Gasteiger partial charge is 0.451 e. The fourth-order valence-electron chi connectivity index (χ4n) is 1.57. The third-order valence-corrected chi connectivity index (χ3v) is 4.03. The summed E-state index contributed by atoms with van der Waals surface area (Å²) in [6.07, 6.45) is 0. The van der Waals surface area contributed by atoms with E-state index in [1.54, 1.807) is 6.07 Å². The van der Waals surface area contributed by atoms with Crippen LogP contribution in [0.2, 0.25) is 5.02 Å². The van der Waals surface area contributed by atoms with Gasteiger partial charge in [0.15, 0.2) is 6.61 Å². The van der Waals surface area contributed by atoms with Gasteiger partial charge in [-0.15, -0.1) is 11.3 Å². The van der Waals surface area contributed by atoms with Gasteiger partial charge in [0.1, 0.15) is 4.88 Å². The molecule has 0 unspecified atom stereocenters. The summed E-state index contributed by atoms with van der Waals surface area (Å²) in [6.45, 7) is 0.672. The number of fused-ring (bicyclic) bond motifs is 1. The predicted octanol–water partition coefficient (Wildman–Crippen LogP) is 2.37. The lowest BCUT2D eigenvalue weighted by Crippen LogP contribution is -2.32. The molecular formula is C13H10ClNO4S. The molecule has 1 N–H and O–H groups in total. The number of carbonyl (C=O) groups excluding carboxylic acids is 3. The highest BCUT2D eigenvalue weighted by atomic mass is 35.5. The van der Waals surface area contributed by atoms with Crippen LogP contribution in [0.5, 0.6) is 0 Å². The molecule has 2 aromatic rings. The average Bonchev–Trinajstić information content (AvgIpc) is 2.73. The van der Waals surface area contributed by atoms with Crippen LogP contribution in [0.1, 0.15) is 16.6 Å². The number of esters is 1. The molecule has 2 rings (SSSR count). The van der Waals surface area contributed by atoms with Crippen molar-refractivity contribution in [1.29, 1.82) is 0 Å². The number of halogens is 1. The number of benzene rings is 1. The molecule has 0 aliphatic heterocycles. The van der Waals surface area contributed by atoms with Crippen LogP contribution in [0.4, 0.5) is 0 Å². The minimum atomic E-state index is -0.685. The first-order valence-corrected chi connectivity index (χ1v) is 6.83. The van der Waals surface area contributed by atoms with Gasteiger partial charge in [-0.3, -0.25) is 14.9 Å². The number of rotatable bonds is 3. The summed E-state index contributed by atoms with van der Waals surface area (Å²) in [5, 5.41) is 3.08. The molecule has 0 bridgehead atoms. The molecule has 1 heterocycles. The van der Waals surface area contributed by atoms with Crippen molar-refractivity contribution in [3.63, 3.8) is 0 Å². The Morgan fingerprint density at radius 2 is 2.00 bits per heavy atom. The lowest BCUT2D eigenvalue weighted by Gasteiger charge is -2.03. The van der Waals surface area contributed by atoms with Gasteiger partial charge in [-0.25, -0.2) is 4.79 Å². The Morgan fingerprint density at radius 1 is 1.30 bits per heavy atom. The van der Waals surface area contributed by atoms with E-state index in [0.29, 0.717) is 5.02 Å². The van der Waals surface area contributed by atoms with E-state index in [-0.39, 0.29) is 4.88 Å². The third kappa shape index (κ3) is 3.15. The Morgan fingerprint density at radius 3 is 2.65 bits per heavy atom. The molecule has 0 saturated carbocycles. The normalized spacial score (nSPS) is 10.3. The highest BCUT2D eigenvalue weighted by Crippen LogP contribution is 2.35. The molecule has 1 aromatic heterocycles. The molecule has 5 nitrogen and oxygen atoms in total. The zero-order valence-corrected chi connectivity index (χ0v) is 12.0. The van der Waals surface area contributed by atoms with Crippen molar-refractivity contribution in [2.75, 3.05) is 6.61 Å². The summed E-state index contributed by atoms with van der Waals surface area (Å²) in [4.78, 5) is 34.0. The lowest BCUT2D eigenvalue weighted by atomic mass is 10.2. The van der Waals surface area contributed by atoms with E-state index in [9.17, 15) is 14.4 Å². The van der Waals surface area contributed by atoms with Gasteiger partial charge >= 0.3 is 5.97 Å². The topological polar surface area (TPSA) is 72.5 Å². The summed E-state index contributed by atoms with van der Waals surface area (Å²) in [7, 11) is 0. The second-order valence-corrected chi connectivity index (χ2v) is 5.35. The van der Waals surface area contributed by atoms with E-state index < -0.39 is 24.4 Å². The number of carbonyl (C=O) groups is 3. The van der Waals surface area contributed by atoms with Gasteiger partial charge in [-0.05, 0) is 6.07 Å². The van der Waals surface area contributed by atoms with Gasteiger partial charge in [-0.1, -0.05) is 29.8 Å². The fourth-order valence-corrected chi connectivity index (χ4v) is 2.98. The van der Waals surface area contributed by atoms with Crippen molar-refractivity contribution < 1.29 is 19.1 Å².